The van der Waals surface area contributed by atoms with Gasteiger partial charge < -0.3 is 5.32 Å². The summed E-state index contributed by atoms with van der Waals surface area (Å²) in [7, 11) is 0. The molecule has 1 saturated heterocycles. The van der Waals surface area contributed by atoms with Gasteiger partial charge in [-0.25, -0.2) is 8.78 Å². The summed E-state index contributed by atoms with van der Waals surface area (Å²) in [4.78, 5) is 8.27. The second-order valence-corrected chi connectivity index (χ2v) is 7.84. The summed E-state index contributed by atoms with van der Waals surface area (Å²) in [5.41, 5.74) is 2.49. The van der Waals surface area contributed by atoms with E-state index in [-0.39, 0.29) is 5.56 Å². The summed E-state index contributed by atoms with van der Waals surface area (Å²) >= 11 is 1.79. The first-order chi connectivity index (χ1) is 13.6. The minimum absolute atomic E-state index is 0.0636. The van der Waals surface area contributed by atoms with Gasteiger partial charge in [0.25, 0.3) is 6.43 Å². The Morgan fingerprint density at radius 3 is 2.64 bits per heavy atom. The number of anilines is 1. The zero-order valence-corrected chi connectivity index (χ0v) is 16.4. The van der Waals surface area contributed by atoms with Crippen molar-refractivity contribution >= 4 is 28.4 Å². The zero-order valence-electron chi connectivity index (χ0n) is 15.6. The Labute approximate surface area is 167 Å². The van der Waals surface area contributed by atoms with Gasteiger partial charge in [0.05, 0.1) is 0 Å². The lowest BCUT2D eigenvalue weighted by Gasteiger charge is -2.31. The molecular weight excluding hydrogens is 378 g/mol. The Morgan fingerprint density at radius 1 is 1.07 bits per heavy atom. The van der Waals surface area contributed by atoms with Crippen LogP contribution in [0.3, 0.4) is 0 Å². The largest absolute Gasteiger partial charge is 0.382 e. The van der Waals surface area contributed by atoms with E-state index in [2.05, 4.69) is 25.8 Å². The van der Waals surface area contributed by atoms with Gasteiger partial charge in [-0.15, -0.1) is 0 Å². The Bertz CT molecular complexity index is 958. The quantitative estimate of drug-likeness (QED) is 0.582. The maximum Gasteiger partial charge on any atom is 0.265 e. The van der Waals surface area contributed by atoms with E-state index in [0.29, 0.717) is 11.6 Å². The van der Waals surface area contributed by atoms with Crippen molar-refractivity contribution in [2.45, 2.75) is 25.3 Å². The lowest BCUT2D eigenvalue weighted by Crippen LogP contribution is -2.35. The van der Waals surface area contributed by atoms with Crippen molar-refractivity contribution < 1.29 is 8.78 Å². The van der Waals surface area contributed by atoms with Crippen molar-refractivity contribution in [2.75, 3.05) is 24.7 Å². The Kier molecular flexibility index (Phi) is 5.73. The van der Waals surface area contributed by atoms with Crippen LogP contribution in [0, 0.1) is 0 Å². The van der Waals surface area contributed by atoms with Gasteiger partial charge in [0.1, 0.15) is 0 Å². The van der Waals surface area contributed by atoms with Crippen LogP contribution in [0.4, 0.5) is 14.5 Å². The van der Waals surface area contributed by atoms with Crippen LogP contribution in [0.5, 0.6) is 0 Å². The first-order valence-corrected chi connectivity index (χ1v) is 10.5. The molecule has 1 aliphatic heterocycles. The molecule has 0 bridgehead atoms. The highest BCUT2D eigenvalue weighted by atomic mass is 32.2. The van der Waals surface area contributed by atoms with Crippen LogP contribution in [0.2, 0.25) is 0 Å². The summed E-state index contributed by atoms with van der Waals surface area (Å²) in [6.45, 7) is 2.10. The highest BCUT2D eigenvalue weighted by Gasteiger charge is 2.19. The van der Waals surface area contributed by atoms with Crippen molar-refractivity contribution in [2.24, 2.45) is 0 Å². The molecule has 0 amide bonds. The fourth-order valence-corrected chi connectivity index (χ4v) is 4.20. The number of pyridine rings is 2. The lowest BCUT2D eigenvalue weighted by atomic mass is 9.99. The summed E-state index contributed by atoms with van der Waals surface area (Å²) < 4.78 is 28.6. The third kappa shape index (κ3) is 4.10. The standard InChI is InChI=1S/C21H22F2N4S/c1-28-27-6-3-18(4-7-27)26-20-10-15(8-14-2-5-24-13-19(14)20)16-9-17(21(22)23)12-25-11-16/h2,5,8-13,18,21,26H,3-4,6-7H2,1H3. The van der Waals surface area contributed by atoms with Gasteiger partial charge in [0, 0.05) is 66.1 Å². The first kappa shape index (κ1) is 19.1. The smallest absolute Gasteiger partial charge is 0.265 e. The van der Waals surface area contributed by atoms with Gasteiger partial charge in [-0.1, -0.05) is 11.9 Å². The minimum atomic E-state index is -2.53. The van der Waals surface area contributed by atoms with Crippen molar-refractivity contribution in [3.05, 3.63) is 54.6 Å². The number of aromatic nitrogens is 2. The van der Waals surface area contributed by atoms with Crippen LogP contribution in [-0.2, 0) is 0 Å². The number of alkyl halides is 2. The maximum absolute atomic E-state index is 13.1. The van der Waals surface area contributed by atoms with Crippen LogP contribution in [0.25, 0.3) is 21.9 Å². The molecule has 7 heteroatoms. The Balaban J connectivity index is 1.69. The fraction of sp³-hybridized carbons (Fsp3) is 0.333. The van der Waals surface area contributed by atoms with Crippen LogP contribution in [-0.4, -0.2) is 39.7 Å². The molecule has 4 rings (SSSR count). The van der Waals surface area contributed by atoms with Crippen molar-refractivity contribution in [3.63, 3.8) is 0 Å². The molecule has 1 N–H and O–H groups in total. The molecule has 146 valence electrons. The molecule has 1 aromatic carbocycles. The first-order valence-electron chi connectivity index (χ1n) is 9.31. The maximum atomic E-state index is 13.1. The van der Waals surface area contributed by atoms with E-state index >= 15 is 0 Å². The van der Waals surface area contributed by atoms with Gasteiger partial charge in [-0.2, -0.15) is 0 Å². The highest BCUT2D eigenvalue weighted by molar-refractivity contribution is 7.96. The van der Waals surface area contributed by atoms with Gasteiger partial charge in [-0.05, 0) is 54.3 Å². The number of nitrogens with one attached hydrogen (secondary N) is 1. The van der Waals surface area contributed by atoms with Crippen LogP contribution < -0.4 is 5.32 Å². The van der Waals surface area contributed by atoms with Crippen molar-refractivity contribution in [1.82, 2.24) is 14.3 Å². The van der Waals surface area contributed by atoms with Gasteiger partial charge in [0.15, 0.2) is 0 Å². The average molecular weight is 400 g/mol. The van der Waals surface area contributed by atoms with E-state index < -0.39 is 6.43 Å². The predicted octanol–water partition coefficient (Wildman–Crippen LogP) is 5.39. The molecular formula is C21H22F2N4S. The van der Waals surface area contributed by atoms with Gasteiger partial charge >= 0.3 is 0 Å². The number of fused-ring (bicyclic) bond motifs is 1. The molecule has 1 aliphatic rings. The minimum Gasteiger partial charge on any atom is -0.382 e. The lowest BCUT2D eigenvalue weighted by molar-refractivity contribution is 0.151. The average Bonchev–Trinajstić information content (AvgIpc) is 2.74. The van der Waals surface area contributed by atoms with Gasteiger partial charge in [-0.3, -0.25) is 14.3 Å². The molecule has 0 spiro atoms. The molecule has 4 nitrogen and oxygen atoms in total. The SMILES string of the molecule is CSN1CCC(Nc2cc(-c3cncc(C(F)F)c3)cc3ccncc23)CC1. The molecule has 0 radical (unpaired) electrons. The van der Waals surface area contributed by atoms with E-state index in [9.17, 15) is 8.78 Å². The van der Waals surface area contributed by atoms with Gasteiger partial charge in [0.2, 0.25) is 0 Å². The molecule has 0 saturated carbocycles. The molecule has 28 heavy (non-hydrogen) atoms. The second kappa shape index (κ2) is 8.41. The fourth-order valence-electron chi connectivity index (χ4n) is 3.62. The summed E-state index contributed by atoms with van der Waals surface area (Å²) in [5.74, 6) is 0. The van der Waals surface area contributed by atoms with Crippen LogP contribution >= 0.6 is 11.9 Å². The summed E-state index contributed by atoms with van der Waals surface area (Å²) in [6, 6.07) is 7.88. The highest BCUT2D eigenvalue weighted by Crippen LogP contribution is 2.33. The van der Waals surface area contributed by atoms with Crippen LogP contribution in [0.15, 0.2) is 49.1 Å². The molecule has 1 fully saturated rings. The van der Waals surface area contributed by atoms with E-state index in [1.807, 2.05) is 24.4 Å². The van der Waals surface area contributed by atoms with E-state index in [1.54, 1.807) is 24.3 Å². The normalized spacial score (nSPS) is 16.0. The van der Waals surface area contributed by atoms with E-state index in [0.717, 1.165) is 48.0 Å². The topological polar surface area (TPSA) is 41.0 Å². The number of nitrogens with zero attached hydrogens (tertiary/aromatic N) is 3. The second-order valence-electron chi connectivity index (χ2n) is 6.96. The predicted molar refractivity (Wildman–Crippen MR) is 112 cm³/mol. The Hall–Kier alpha value is -2.25. The number of halogens is 2. The zero-order chi connectivity index (χ0) is 19.5. The number of hydrogen-bond acceptors (Lipinski definition) is 5. The molecule has 3 aromatic rings. The van der Waals surface area contributed by atoms with Crippen molar-refractivity contribution in [1.29, 1.82) is 0 Å². The summed E-state index contributed by atoms with van der Waals surface area (Å²) in [5, 5.41) is 5.74. The molecule has 0 atom stereocenters. The third-order valence-electron chi connectivity index (χ3n) is 5.17. The Morgan fingerprint density at radius 2 is 1.89 bits per heavy atom. The third-order valence-corrected chi connectivity index (χ3v) is 6.05. The van der Waals surface area contributed by atoms with Crippen LogP contribution in [0.1, 0.15) is 24.8 Å². The number of benzene rings is 1. The number of hydrogen-bond donors (Lipinski definition) is 1. The molecule has 0 aliphatic carbocycles. The monoisotopic (exact) mass is 400 g/mol. The van der Waals surface area contributed by atoms with E-state index in [1.165, 1.54) is 12.3 Å². The van der Waals surface area contributed by atoms with Crippen molar-refractivity contribution in [3.8, 4) is 11.1 Å². The molecule has 2 aromatic heterocycles. The molecule has 0 unspecified atom stereocenters. The molecule has 3 heterocycles. The number of rotatable bonds is 5. The van der Waals surface area contributed by atoms with E-state index in [4.69, 9.17) is 0 Å². The summed E-state index contributed by atoms with van der Waals surface area (Å²) in [6.07, 6.45) is 8.17. The number of piperidine rings is 1.